The zero-order chi connectivity index (χ0) is 14.2. The molecule has 0 fully saturated rings. The Hall–Kier alpha value is -1.61. The molecule has 0 aromatic heterocycles. The number of hydrogen-bond acceptors (Lipinski definition) is 2. The average Bonchev–Trinajstić information content (AvgIpc) is 2.46. The summed E-state index contributed by atoms with van der Waals surface area (Å²) in [5.41, 5.74) is 3.64. The molecule has 0 bridgehead atoms. The van der Waals surface area contributed by atoms with E-state index < -0.39 is 0 Å². The van der Waals surface area contributed by atoms with Crippen LogP contribution in [-0.2, 0) is 11.3 Å². The molecule has 0 unspecified atom stereocenters. The highest BCUT2D eigenvalue weighted by atomic mass is 16.1. The van der Waals surface area contributed by atoms with Crippen molar-refractivity contribution in [1.82, 2.24) is 5.32 Å². The maximum absolute atomic E-state index is 11.2. The molecule has 0 aliphatic heterocycles. The number of anilines is 1. The lowest BCUT2D eigenvalue weighted by Gasteiger charge is -2.14. The Kier molecular flexibility index (Phi) is 5.81. The summed E-state index contributed by atoms with van der Waals surface area (Å²) in [6, 6.07) is 7.95. The first kappa shape index (κ1) is 14.8. The summed E-state index contributed by atoms with van der Waals surface area (Å²) in [5, 5.41) is 6.34. The van der Waals surface area contributed by atoms with E-state index in [9.17, 15) is 4.79 Å². The maximum atomic E-state index is 11.2. The summed E-state index contributed by atoms with van der Waals surface area (Å²) in [7, 11) is 0. The van der Waals surface area contributed by atoms with Gasteiger partial charge < -0.3 is 10.6 Å². The highest BCUT2D eigenvalue weighted by molar-refractivity contribution is 5.89. The van der Waals surface area contributed by atoms with E-state index in [1.165, 1.54) is 25.7 Å². The van der Waals surface area contributed by atoms with Crippen molar-refractivity contribution in [2.24, 2.45) is 0 Å². The highest BCUT2D eigenvalue weighted by Gasteiger charge is 2.05. The monoisotopic (exact) mass is 272 g/mol. The molecule has 1 aliphatic carbocycles. The second-order valence-corrected chi connectivity index (χ2v) is 5.37. The third-order valence-electron chi connectivity index (χ3n) is 3.65. The Morgan fingerprint density at radius 1 is 1.25 bits per heavy atom. The minimum Gasteiger partial charge on any atom is -0.326 e. The van der Waals surface area contributed by atoms with Gasteiger partial charge in [0.15, 0.2) is 0 Å². The summed E-state index contributed by atoms with van der Waals surface area (Å²) in [4.78, 5) is 11.2. The lowest BCUT2D eigenvalue weighted by Crippen LogP contribution is -2.17. The molecule has 0 spiro atoms. The van der Waals surface area contributed by atoms with E-state index in [1.807, 2.05) is 18.2 Å². The molecule has 2 rings (SSSR count). The number of amides is 1. The minimum atomic E-state index is -0.0233. The zero-order valence-corrected chi connectivity index (χ0v) is 12.2. The number of nitrogens with one attached hydrogen (secondary N) is 2. The fourth-order valence-electron chi connectivity index (χ4n) is 2.59. The van der Waals surface area contributed by atoms with Gasteiger partial charge in [0.1, 0.15) is 0 Å². The van der Waals surface area contributed by atoms with Crippen molar-refractivity contribution in [2.45, 2.75) is 45.6 Å². The molecule has 2 N–H and O–H groups in total. The fraction of sp³-hybridized carbons (Fsp3) is 0.471. The third-order valence-corrected chi connectivity index (χ3v) is 3.65. The van der Waals surface area contributed by atoms with Crippen LogP contribution in [-0.4, -0.2) is 12.5 Å². The predicted molar refractivity (Wildman–Crippen MR) is 83.6 cm³/mol. The SMILES string of the molecule is CC(=O)Nc1ccccc1CNCCC1=CCCCC1. The quantitative estimate of drug-likeness (QED) is 0.613. The van der Waals surface area contributed by atoms with E-state index in [0.717, 1.165) is 30.8 Å². The van der Waals surface area contributed by atoms with Gasteiger partial charge >= 0.3 is 0 Å². The molecule has 20 heavy (non-hydrogen) atoms. The molecule has 108 valence electrons. The molecule has 1 aromatic carbocycles. The molecule has 1 aliphatic rings. The van der Waals surface area contributed by atoms with Crippen LogP contribution in [0.2, 0.25) is 0 Å². The molecule has 0 heterocycles. The van der Waals surface area contributed by atoms with Crippen LogP contribution < -0.4 is 10.6 Å². The highest BCUT2D eigenvalue weighted by Crippen LogP contribution is 2.19. The first-order chi connectivity index (χ1) is 9.75. The van der Waals surface area contributed by atoms with Gasteiger partial charge in [0.25, 0.3) is 0 Å². The van der Waals surface area contributed by atoms with Crippen LogP contribution in [0.1, 0.15) is 44.6 Å². The standard InChI is InChI=1S/C17H24N2O/c1-14(20)19-17-10-6-5-9-16(17)13-18-12-11-15-7-3-2-4-8-15/h5-7,9-10,18H,2-4,8,11-13H2,1H3,(H,19,20). The first-order valence-electron chi connectivity index (χ1n) is 7.50. The van der Waals surface area contributed by atoms with Gasteiger partial charge in [-0.15, -0.1) is 0 Å². The van der Waals surface area contributed by atoms with Crippen molar-refractivity contribution >= 4 is 11.6 Å². The van der Waals surface area contributed by atoms with E-state index >= 15 is 0 Å². The molecule has 1 aromatic rings. The lowest BCUT2D eigenvalue weighted by molar-refractivity contribution is -0.114. The number of carbonyl (C=O) groups excluding carboxylic acids is 1. The summed E-state index contributed by atoms with van der Waals surface area (Å²) >= 11 is 0. The van der Waals surface area contributed by atoms with Gasteiger partial charge in [-0.05, 0) is 50.3 Å². The Morgan fingerprint density at radius 2 is 2.10 bits per heavy atom. The number of hydrogen-bond donors (Lipinski definition) is 2. The van der Waals surface area contributed by atoms with Crippen LogP contribution in [0.15, 0.2) is 35.9 Å². The van der Waals surface area contributed by atoms with Crippen LogP contribution in [0.25, 0.3) is 0 Å². The van der Waals surface area contributed by atoms with Gasteiger partial charge in [0.2, 0.25) is 5.91 Å². The molecule has 0 atom stereocenters. The van der Waals surface area contributed by atoms with Crippen LogP contribution in [0.5, 0.6) is 0 Å². The maximum Gasteiger partial charge on any atom is 0.221 e. The van der Waals surface area contributed by atoms with E-state index in [1.54, 1.807) is 12.5 Å². The fourth-order valence-corrected chi connectivity index (χ4v) is 2.59. The van der Waals surface area contributed by atoms with Gasteiger partial charge in [0.05, 0.1) is 0 Å². The van der Waals surface area contributed by atoms with Crippen LogP contribution >= 0.6 is 0 Å². The molecular weight excluding hydrogens is 248 g/mol. The topological polar surface area (TPSA) is 41.1 Å². The number of carbonyl (C=O) groups is 1. The van der Waals surface area contributed by atoms with E-state index in [2.05, 4.69) is 22.8 Å². The normalized spacial score (nSPS) is 14.8. The van der Waals surface area contributed by atoms with E-state index in [4.69, 9.17) is 0 Å². The molecule has 0 saturated heterocycles. The van der Waals surface area contributed by atoms with Crippen LogP contribution in [0, 0.1) is 0 Å². The van der Waals surface area contributed by atoms with Crippen molar-refractivity contribution < 1.29 is 4.79 Å². The van der Waals surface area contributed by atoms with Crippen molar-refractivity contribution in [3.63, 3.8) is 0 Å². The summed E-state index contributed by atoms with van der Waals surface area (Å²) in [5.74, 6) is -0.0233. The number of rotatable bonds is 6. The van der Waals surface area contributed by atoms with Crippen LogP contribution in [0.3, 0.4) is 0 Å². The van der Waals surface area contributed by atoms with E-state index in [-0.39, 0.29) is 5.91 Å². The molecule has 3 heteroatoms. The summed E-state index contributed by atoms with van der Waals surface area (Å²) < 4.78 is 0. The predicted octanol–water partition coefficient (Wildman–Crippen LogP) is 3.63. The molecule has 0 saturated carbocycles. The lowest BCUT2D eigenvalue weighted by atomic mass is 9.97. The number of allylic oxidation sites excluding steroid dienone is 1. The largest absolute Gasteiger partial charge is 0.326 e. The van der Waals surface area contributed by atoms with Crippen LogP contribution in [0.4, 0.5) is 5.69 Å². The molecule has 1 amide bonds. The zero-order valence-electron chi connectivity index (χ0n) is 12.2. The van der Waals surface area contributed by atoms with Gasteiger partial charge in [-0.3, -0.25) is 4.79 Å². The minimum absolute atomic E-state index is 0.0233. The van der Waals surface area contributed by atoms with Crippen molar-refractivity contribution in [1.29, 1.82) is 0 Å². The smallest absolute Gasteiger partial charge is 0.221 e. The summed E-state index contributed by atoms with van der Waals surface area (Å²) in [6.45, 7) is 3.34. The molecular formula is C17H24N2O. The Bertz CT molecular complexity index is 480. The molecule has 3 nitrogen and oxygen atoms in total. The Labute approximate surface area is 121 Å². The van der Waals surface area contributed by atoms with Crippen molar-refractivity contribution in [3.05, 3.63) is 41.5 Å². The van der Waals surface area contributed by atoms with E-state index in [0.29, 0.717) is 0 Å². The first-order valence-corrected chi connectivity index (χ1v) is 7.50. The van der Waals surface area contributed by atoms with Gasteiger partial charge in [0, 0.05) is 19.2 Å². The average molecular weight is 272 g/mol. The molecule has 0 radical (unpaired) electrons. The Morgan fingerprint density at radius 3 is 2.85 bits per heavy atom. The second kappa shape index (κ2) is 7.85. The summed E-state index contributed by atoms with van der Waals surface area (Å²) in [6.07, 6.45) is 8.75. The van der Waals surface area contributed by atoms with Crippen molar-refractivity contribution in [3.8, 4) is 0 Å². The van der Waals surface area contributed by atoms with Gasteiger partial charge in [-0.1, -0.05) is 29.8 Å². The Balaban J connectivity index is 1.78. The third kappa shape index (κ3) is 4.82. The van der Waals surface area contributed by atoms with Gasteiger partial charge in [-0.25, -0.2) is 0 Å². The number of benzene rings is 1. The second-order valence-electron chi connectivity index (χ2n) is 5.37. The van der Waals surface area contributed by atoms with Crippen molar-refractivity contribution in [2.75, 3.05) is 11.9 Å². The number of para-hydroxylation sites is 1. The van der Waals surface area contributed by atoms with Gasteiger partial charge in [-0.2, -0.15) is 0 Å².